The van der Waals surface area contributed by atoms with Crippen LogP contribution in [0.2, 0.25) is 0 Å². The van der Waals surface area contributed by atoms with Crippen molar-refractivity contribution in [3.63, 3.8) is 0 Å². The molecule has 1 aromatic rings. The molecule has 4 rings (SSSR count). The normalized spacial score (nSPS) is 23.0. The van der Waals surface area contributed by atoms with E-state index in [2.05, 4.69) is 16.9 Å². The first-order valence-corrected chi connectivity index (χ1v) is 11.4. The predicted octanol–water partition coefficient (Wildman–Crippen LogP) is 2.62. The fourth-order valence-electron chi connectivity index (χ4n) is 4.72. The van der Waals surface area contributed by atoms with Crippen molar-refractivity contribution in [3.05, 3.63) is 22.8 Å². The second kappa shape index (κ2) is 8.96. The third-order valence-electron chi connectivity index (χ3n) is 6.80. The van der Waals surface area contributed by atoms with Crippen LogP contribution >= 0.6 is 0 Å². The number of hydrogen-bond acceptors (Lipinski definition) is 5. The number of aromatic nitrogens is 2. The van der Waals surface area contributed by atoms with Gasteiger partial charge in [-0.25, -0.2) is 9.97 Å². The van der Waals surface area contributed by atoms with E-state index in [1.807, 2.05) is 0 Å². The standard InChI is InChI=1S/C22H30F3N5O2/c1-13-5-6-18(31)30(10-13)11-15(26)9-19(32)29-8-7-16-17(12-29)27-21(14-3-2-4-14)28-20(16)22(23,24)25/h13-15H,2-12,26H2,1H3/t13-,15+/m1/s1. The fourth-order valence-corrected chi connectivity index (χ4v) is 4.72. The molecule has 0 radical (unpaired) electrons. The molecule has 2 atom stereocenters. The Bertz CT molecular complexity index is 887. The van der Waals surface area contributed by atoms with Gasteiger partial charge in [0, 0.05) is 50.0 Å². The topological polar surface area (TPSA) is 92.4 Å². The van der Waals surface area contributed by atoms with Gasteiger partial charge in [0.2, 0.25) is 11.8 Å². The van der Waals surface area contributed by atoms with Gasteiger partial charge in [0.05, 0.1) is 12.2 Å². The van der Waals surface area contributed by atoms with E-state index in [0.29, 0.717) is 31.1 Å². The van der Waals surface area contributed by atoms with Crippen molar-refractivity contribution in [2.24, 2.45) is 11.7 Å². The predicted molar refractivity (Wildman–Crippen MR) is 110 cm³/mol. The number of nitrogens with zero attached hydrogens (tertiary/aromatic N) is 4. The zero-order valence-corrected chi connectivity index (χ0v) is 18.3. The molecule has 0 aromatic carbocycles. The summed E-state index contributed by atoms with van der Waals surface area (Å²) in [6, 6.07) is -0.514. The van der Waals surface area contributed by atoms with E-state index in [0.717, 1.165) is 25.7 Å². The van der Waals surface area contributed by atoms with Crippen LogP contribution in [0.1, 0.15) is 74.1 Å². The highest BCUT2D eigenvalue weighted by Crippen LogP contribution is 2.39. The minimum atomic E-state index is -4.54. The average molecular weight is 454 g/mol. The lowest BCUT2D eigenvalue weighted by molar-refractivity contribution is -0.142. The summed E-state index contributed by atoms with van der Waals surface area (Å²) in [6.07, 6.45) is -0.525. The zero-order valence-electron chi connectivity index (χ0n) is 18.3. The number of likely N-dealkylation sites (tertiary alicyclic amines) is 1. The van der Waals surface area contributed by atoms with E-state index in [1.54, 1.807) is 4.90 Å². The summed E-state index contributed by atoms with van der Waals surface area (Å²) in [7, 11) is 0. The number of alkyl halides is 3. The summed E-state index contributed by atoms with van der Waals surface area (Å²) in [4.78, 5) is 36.5. The van der Waals surface area contributed by atoms with Crippen LogP contribution in [0.4, 0.5) is 13.2 Å². The highest BCUT2D eigenvalue weighted by molar-refractivity contribution is 5.78. The minimum absolute atomic E-state index is 0.0336. The van der Waals surface area contributed by atoms with Gasteiger partial charge >= 0.3 is 6.18 Å². The smallest absolute Gasteiger partial charge is 0.341 e. The van der Waals surface area contributed by atoms with Crippen LogP contribution in [-0.2, 0) is 28.7 Å². The molecule has 32 heavy (non-hydrogen) atoms. The molecule has 0 bridgehead atoms. The largest absolute Gasteiger partial charge is 0.433 e. The Balaban J connectivity index is 1.44. The Kier molecular flexibility index (Phi) is 6.42. The first-order chi connectivity index (χ1) is 15.1. The van der Waals surface area contributed by atoms with Crippen LogP contribution in [-0.4, -0.2) is 57.3 Å². The highest BCUT2D eigenvalue weighted by atomic mass is 19.4. The summed E-state index contributed by atoms with van der Waals surface area (Å²) >= 11 is 0. The Morgan fingerprint density at radius 2 is 1.97 bits per heavy atom. The van der Waals surface area contributed by atoms with E-state index in [-0.39, 0.29) is 55.1 Å². The van der Waals surface area contributed by atoms with Crippen molar-refractivity contribution in [2.45, 2.75) is 76.6 Å². The van der Waals surface area contributed by atoms with Crippen molar-refractivity contribution in [3.8, 4) is 0 Å². The van der Waals surface area contributed by atoms with Gasteiger partial charge in [0.25, 0.3) is 0 Å². The van der Waals surface area contributed by atoms with Gasteiger partial charge < -0.3 is 15.5 Å². The Hall–Kier alpha value is -2.23. The summed E-state index contributed by atoms with van der Waals surface area (Å²) in [5.41, 5.74) is 5.71. The third-order valence-corrected chi connectivity index (χ3v) is 6.80. The summed E-state index contributed by atoms with van der Waals surface area (Å²) in [5.74, 6) is 0.439. The molecule has 176 valence electrons. The number of piperidine rings is 1. The molecule has 2 fully saturated rings. The molecule has 7 nitrogen and oxygen atoms in total. The summed E-state index contributed by atoms with van der Waals surface area (Å²) in [6.45, 7) is 3.24. The Morgan fingerprint density at radius 3 is 2.62 bits per heavy atom. The van der Waals surface area contributed by atoms with Crippen LogP contribution in [0.15, 0.2) is 0 Å². The molecule has 1 saturated heterocycles. The second-order valence-electron chi connectivity index (χ2n) is 9.45. The molecular weight excluding hydrogens is 423 g/mol. The molecule has 3 heterocycles. The Morgan fingerprint density at radius 1 is 1.22 bits per heavy atom. The minimum Gasteiger partial charge on any atom is -0.341 e. The van der Waals surface area contributed by atoms with Crippen LogP contribution in [0.5, 0.6) is 0 Å². The van der Waals surface area contributed by atoms with Gasteiger partial charge in [-0.3, -0.25) is 9.59 Å². The van der Waals surface area contributed by atoms with E-state index >= 15 is 0 Å². The lowest BCUT2D eigenvalue weighted by Gasteiger charge is -2.34. The maximum Gasteiger partial charge on any atom is 0.433 e. The van der Waals surface area contributed by atoms with E-state index < -0.39 is 17.9 Å². The summed E-state index contributed by atoms with van der Waals surface area (Å²) < 4.78 is 40.9. The summed E-state index contributed by atoms with van der Waals surface area (Å²) in [5, 5.41) is 0. The zero-order chi connectivity index (χ0) is 23.0. The van der Waals surface area contributed by atoms with Gasteiger partial charge in [-0.15, -0.1) is 0 Å². The van der Waals surface area contributed by atoms with Gasteiger partial charge in [-0.2, -0.15) is 13.2 Å². The molecule has 3 aliphatic rings. The molecule has 0 spiro atoms. The first kappa shape index (κ1) is 22.9. The number of nitrogens with two attached hydrogens (primary N) is 1. The van der Waals surface area contributed by atoms with Gasteiger partial charge in [0.1, 0.15) is 5.82 Å². The quantitative estimate of drug-likeness (QED) is 0.740. The molecular formula is C22H30F3N5O2. The maximum absolute atomic E-state index is 13.6. The van der Waals surface area contributed by atoms with Crippen molar-refractivity contribution >= 4 is 11.8 Å². The number of amides is 2. The van der Waals surface area contributed by atoms with Crippen LogP contribution in [0, 0.1) is 5.92 Å². The number of hydrogen-bond donors (Lipinski definition) is 1. The lowest BCUT2D eigenvalue weighted by atomic mass is 9.84. The van der Waals surface area contributed by atoms with E-state index in [9.17, 15) is 22.8 Å². The molecule has 2 aliphatic heterocycles. The Labute approximate surface area is 185 Å². The molecule has 1 aromatic heterocycles. The van der Waals surface area contributed by atoms with Crippen molar-refractivity contribution in [2.75, 3.05) is 19.6 Å². The van der Waals surface area contributed by atoms with Gasteiger partial charge in [-0.1, -0.05) is 13.3 Å². The number of halogens is 3. The van der Waals surface area contributed by atoms with Crippen molar-refractivity contribution < 1.29 is 22.8 Å². The molecule has 1 saturated carbocycles. The molecule has 2 N–H and O–H groups in total. The second-order valence-corrected chi connectivity index (χ2v) is 9.45. The average Bonchev–Trinajstić information content (AvgIpc) is 2.67. The van der Waals surface area contributed by atoms with Crippen molar-refractivity contribution in [1.82, 2.24) is 19.8 Å². The SMILES string of the molecule is C[C@@H]1CCC(=O)N(C[C@@H](N)CC(=O)N2CCc3c(nc(C4CCC4)nc3C(F)(F)F)C2)C1. The van der Waals surface area contributed by atoms with Crippen molar-refractivity contribution in [1.29, 1.82) is 0 Å². The van der Waals surface area contributed by atoms with Gasteiger partial charge in [-0.05, 0) is 31.6 Å². The third kappa shape index (κ3) is 4.89. The lowest BCUT2D eigenvalue weighted by Crippen LogP contribution is -2.48. The van der Waals surface area contributed by atoms with Crippen LogP contribution in [0.25, 0.3) is 0 Å². The highest BCUT2D eigenvalue weighted by Gasteiger charge is 2.40. The molecule has 1 aliphatic carbocycles. The molecule has 0 unspecified atom stereocenters. The number of fused-ring (bicyclic) bond motifs is 1. The number of rotatable bonds is 5. The number of carbonyl (C=O) groups excluding carboxylic acids is 2. The molecule has 2 amide bonds. The maximum atomic E-state index is 13.6. The van der Waals surface area contributed by atoms with Gasteiger partial charge in [0.15, 0.2) is 5.69 Å². The fraction of sp³-hybridized carbons (Fsp3) is 0.727. The first-order valence-electron chi connectivity index (χ1n) is 11.4. The number of carbonyl (C=O) groups is 2. The van der Waals surface area contributed by atoms with Crippen LogP contribution < -0.4 is 5.73 Å². The van der Waals surface area contributed by atoms with E-state index in [1.165, 1.54) is 4.90 Å². The van der Waals surface area contributed by atoms with Crippen LogP contribution in [0.3, 0.4) is 0 Å². The monoisotopic (exact) mass is 453 g/mol. The molecule has 10 heteroatoms. The van der Waals surface area contributed by atoms with E-state index in [4.69, 9.17) is 5.73 Å².